The predicted octanol–water partition coefficient (Wildman–Crippen LogP) is 6.41. The number of hydrogen-bond acceptors (Lipinski definition) is 7. The molecule has 7 nitrogen and oxygen atoms in total. The molecule has 0 radical (unpaired) electrons. The summed E-state index contributed by atoms with van der Waals surface area (Å²) in [6.07, 6.45) is -0.230. The Morgan fingerprint density at radius 3 is 1.45 bits per heavy atom. The lowest BCUT2D eigenvalue weighted by Gasteiger charge is -2.46. The molecular weight excluding hydrogens is 592 g/mol. The molecule has 0 saturated heterocycles. The van der Waals surface area contributed by atoms with Gasteiger partial charge in [0.05, 0.1) is 25.4 Å². The van der Waals surface area contributed by atoms with Crippen molar-refractivity contribution in [2.45, 2.75) is 87.5 Å². The molecule has 3 aliphatic rings. The fourth-order valence-corrected chi connectivity index (χ4v) is 8.21. The summed E-state index contributed by atoms with van der Waals surface area (Å²) in [6.45, 7) is 0.594. The van der Waals surface area contributed by atoms with Gasteiger partial charge in [-0.3, -0.25) is 0 Å². The standard InChI is InChI=1S/C40H42O7/c41-37(32-22-12-4-13-23-32)47-36-34(45-27-30-18-8-2-9-19-30)33(44-26-29-16-6-1-7-17-29)35(46-28-31-20-10-3-11-21-31)39(42)38(40(36,39)43)24-14-5-15-25-38/h1-4,6-13,16-23,33-36,42-43H,5,14-15,24-28H2. The van der Waals surface area contributed by atoms with Gasteiger partial charge >= 0.3 is 5.97 Å². The lowest BCUT2D eigenvalue weighted by Crippen LogP contribution is -2.66. The van der Waals surface area contributed by atoms with E-state index in [1.165, 1.54) is 0 Å². The molecule has 47 heavy (non-hydrogen) atoms. The van der Waals surface area contributed by atoms with Crippen LogP contribution in [0.4, 0.5) is 0 Å². The maximum Gasteiger partial charge on any atom is 0.338 e. The monoisotopic (exact) mass is 634 g/mol. The Morgan fingerprint density at radius 1 is 0.553 bits per heavy atom. The Balaban J connectivity index is 1.32. The van der Waals surface area contributed by atoms with E-state index in [-0.39, 0.29) is 19.8 Å². The van der Waals surface area contributed by atoms with Crippen LogP contribution in [-0.2, 0) is 38.8 Å². The van der Waals surface area contributed by atoms with Gasteiger partial charge in [0.2, 0.25) is 0 Å². The number of fused-ring (bicyclic) bond motifs is 3. The molecule has 4 aromatic rings. The molecule has 7 heteroatoms. The maximum absolute atomic E-state index is 13.8. The van der Waals surface area contributed by atoms with Crippen molar-refractivity contribution in [1.29, 1.82) is 0 Å². The minimum Gasteiger partial charge on any atom is -0.453 e. The molecule has 7 rings (SSSR count). The summed E-state index contributed by atoms with van der Waals surface area (Å²) in [5, 5.41) is 25.9. The van der Waals surface area contributed by atoms with E-state index in [4.69, 9.17) is 18.9 Å². The molecule has 2 N–H and O–H groups in total. The highest BCUT2D eigenvalue weighted by Crippen LogP contribution is 2.77. The molecule has 0 amide bonds. The predicted molar refractivity (Wildman–Crippen MR) is 176 cm³/mol. The number of hydrogen-bond donors (Lipinski definition) is 2. The van der Waals surface area contributed by atoms with Crippen LogP contribution in [-0.4, -0.2) is 51.8 Å². The summed E-state index contributed by atoms with van der Waals surface area (Å²) in [7, 11) is 0. The second kappa shape index (κ2) is 13.3. The van der Waals surface area contributed by atoms with E-state index in [9.17, 15) is 15.0 Å². The first-order chi connectivity index (χ1) is 23.0. The molecule has 0 aliphatic heterocycles. The fraction of sp³-hybridized carbons (Fsp3) is 0.375. The fourth-order valence-electron chi connectivity index (χ4n) is 8.21. The third kappa shape index (κ3) is 5.60. The van der Waals surface area contributed by atoms with Crippen molar-refractivity contribution in [3.8, 4) is 0 Å². The van der Waals surface area contributed by atoms with Gasteiger partial charge in [-0.05, 0) is 41.7 Å². The number of benzene rings is 4. The minimum atomic E-state index is -1.82. The number of ether oxygens (including phenoxy) is 4. The largest absolute Gasteiger partial charge is 0.453 e. The smallest absolute Gasteiger partial charge is 0.338 e. The van der Waals surface area contributed by atoms with Gasteiger partial charge in [-0.15, -0.1) is 0 Å². The van der Waals surface area contributed by atoms with Crippen LogP contribution in [0.2, 0.25) is 0 Å². The van der Waals surface area contributed by atoms with Crippen molar-refractivity contribution in [2.24, 2.45) is 5.41 Å². The first-order valence-electron chi connectivity index (χ1n) is 16.7. The number of esters is 1. The molecule has 6 atom stereocenters. The zero-order valence-electron chi connectivity index (χ0n) is 26.4. The average molecular weight is 635 g/mol. The van der Waals surface area contributed by atoms with Gasteiger partial charge in [-0.25, -0.2) is 4.79 Å². The van der Waals surface area contributed by atoms with E-state index >= 15 is 0 Å². The molecular formula is C40H42O7. The van der Waals surface area contributed by atoms with E-state index in [2.05, 4.69) is 0 Å². The first-order valence-corrected chi connectivity index (χ1v) is 16.7. The topological polar surface area (TPSA) is 94.5 Å². The molecule has 3 aliphatic carbocycles. The number of aliphatic hydroxyl groups is 2. The van der Waals surface area contributed by atoms with Gasteiger partial charge in [0, 0.05) is 5.41 Å². The molecule has 0 heterocycles. The maximum atomic E-state index is 13.8. The summed E-state index contributed by atoms with van der Waals surface area (Å²) in [5.41, 5.74) is -1.39. The highest BCUT2D eigenvalue weighted by atomic mass is 16.6. The Morgan fingerprint density at radius 2 is 0.957 bits per heavy atom. The van der Waals surface area contributed by atoms with Crippen LogP contribution in [0.1, 0.15) is 59.2 Å². The van der Waals surface area contributed by atoms with Crippen molar-refractivity contribution >= 4 is 5.97 Å². The molecule has 244 valence electrons. The average Bonchev–Trinajstić information content (AvgIpc) is 3.54. The normalized spacial score (nSPS) is 29.1. The molecule has 3 fully saturated rings. The van der Waals surface area contributed by atoms with Gasteiger partial charge in [-0.1, -0.05) is 128 Å². The van der Waals surface area contributed by atoms with E-state index < -0.39 is 47.0 Å². The highest BCUT2D eigenvalue weighted by molar-refractivity contribution is 5.89. The van der Waals surface area contributed by atoms with Gasteiger partial charge in [-0.2, -0.15) is 0 Å². The molecule has 4 aromatic carbocycles. The molecule has 3 saturated carbocycles. The van der Waals surface area contributed by atoms with Gasteiger partial charge in [0.15, 0.2) is 6.10 Å². The number of carbonyl (C=O) groups is 1. The van der Waals surface area contributed by atoms with Crippen molar-refractivity contribution in [1.82, 2.24) is 0 Å². The Bertz CT molecular complexity index is 1610. The zero-order valence-corrected chi connectivity index (χ0v) is 26.4. The van der Waals surface area contributed by atoms with E-state index in [0.717, 1.165) is 36.0 Å². The van der Waals surface area contributed by atoms with E-state index in [0.29, 0.717) is 18.4 Å². The Kier molecular flexibility index (Phi) is 9.01. The SMILES string of the molecule is O=C(OC1C(OCc2ccccc2)C(OCc2ccccc2)C(OCc2ccccc2)C2(O)C3(CCCCC3)C12O)c1ccccc1. The van der Waals surface area contributed by atoms with Gasteiger partial charge in [0.25, 0.3) is 0 Å². The van der Waals surface area contributed by atoms with Crippen LogP contribution in [0.5, 0.6) is 0 Å². The van der Waals surface area contributed by atoms with Gasteiger partial charge < -0.3 is 29.2 Å². The minimum absolute atomic E-state index is 0.184. The Hall–Kier alpha value is -3.85. The molecule has 0 bridgehead atoms. The Labute approximate surface area is 276 Å². The second-order valence-electron chi connectivity index (χ2n) is 13.1. The van der Waals surface area contributed by atoms with Crippen molar-refractivity contribution in [3.63, 3.8) is 0 Å². The molecule has 1 spiro atoms. The summed E-state index contributed by atoms with van der Waals surface area (Å²) < 4.78 is 26.4. The molecule has 6 unspecified atom stereocenters. The number of rotatable bonds is 11. The molecule has 0 aromatic heterocycles. The summed E-state index contributed by atoms with van der Waals surface area (Å²) in [5.74, 6) is -0.594. The highest BCUT2D eigenvalue weighted by Gasteiger charge is 2.95. The summed E-state index contributed by atoms with van der Waals surface area (Å²) in [6, 6.07) is 38.0. The third-order valence-corrected chi connectivity index (χ3v) is 10.5. The van der Waals surface area contributed by atoms with Crippen LogP contribution in [0.25, 0.3) is 0 Å². The van der Waals surface area contributed by atoms with Crippen LogP contribution >= 0.6 is 0 Å². The van der Waals surface area contributed by atoms with Crippen LogP contribution in [0.3, 0.4) is 0 Å². The first kappa shape index (κ1) is 31.7. The van der Waals surface area contributed by atoms with Crippen LogP contribution < -0.4 is 0 Å². The van der Waals surface area contributed by atoms with Crippen molar-refractivity contribution in [3.05, 3.63) is 144 Å². The zero-order chi connectivity index (χ0) is 32.3. The quantitative estimate of drug-likeness (QED) is 0.184. The number of carbonyl (C=O) groups excluding carboxylic acids is 1. The summed E-state index contributed by atoms with van der Waals surface area (Å²) in [4.78, 5) is 13.8. The van der Waals surface area contributed by atoms with Crippen molar-refractivity contribution in [2.75, 3.05) is 0 Å². The third-order valence-electron chi connectivity index (χ3n) is 10.5. The van der Waals surface area contributed by atoms with Crippen LogP contribution in [0.15, 0.2) is 121 Å². The lowest BCUT2D eigenvalue weighted by molar-refractivity contribution is -0.263. The lowest BCUT2D eigenvalue weighted by atomic mass is 9.81. The summed E-state index contributed by atoms with van der Waals surface area (Å²) >= 11 is 0. The van der Waals surface area contributed by atoms with Crippen molar-refractivity contribution < 1.29 is 34.0 Å². The van der Waals surface area contributed by atoms with E-state index in [1.807, 2.05) is 97.1 Å². The van der Waals surface area contributed by atoms with Gasteiger partial charge in [0.1, 0.15) is 29.5 Å². The van der Waals surface area contributed by atoms with E-state index in [1.54, 1.807) is 24.3 Å². The second-order valence-corrected chi connectivity index (χ2v) is 13.1. The van der Waals surface area contributed by atoms with Crippen LogP contribution in [0, 0.1) is 5.41 Å².